The maximum atomic E-state index is 10.1. The topological polar surface area (TPSA) is 62.2 Å². The first-order chi connectivity index (χ1) is 5.68. The third-order valence-corrected chi connectivity index (χ3v) is 2.16. The van der Waals surface area contributed by atoms with Crippen molar-refractivity contribution < 1.29 is 9.90 Å². The normalized spacial score (nSPS) is 10.1. The molecule has 2 N–H and O–H groups in total. The molecule has 0 aliphatic heterocycles. The summed E-state index contributed by atoms with van der Waals surface area (Å²) in [5.41, 5.74) is 0. The van der Waals surface area contributed by atoms with Gasteiger partial charge in [-0.2, -0.15) is 0 Å². The molecule has 66 valence electrons. The lowest BCUT2D eigenvalue weighted by molar-refractivity contribution is -0.135. The second kappa shape index (κ2) is 4.18. The Hall–Kier alpha value is -0.940. The fraction of sp³-hybridized carbons (Fsp3) is 0.429. The summed E-state index contributed by atoms with van der Waals surface area (Å²) in [4.78, 5) is 15.2. The molecule has 1 rings (SSSR count). The van der Waals surface area contributed by atoms with Crippen molar-refractivity contribution in [3.63, 3.8) is 0 Å². The summed E-state index contributed by atoms with van der Waals surface area (Å²) in [5.74, 6) is -0.837. The van der Waals surface area contributed by atoms with Crippen LogP contribution >= 0.6 is 11.3 Å². The van der Waals surface area contributed by atoms with Gasteiger partial charge in [0.1, 0.15) is 0 Å². The summed E-state index contributed by atoms with van der Waals surface area (Å²) >= 11 is 1.57. The predicted octanol–water partition coefficient (Wildman–Crippen LogP) is 0.626. The number of rotatable bonds is 4. The summed E-state index contributed by atoms with van der Waals surface area (Å²) in [6, 6.07) is 0. The predicted molar refractivity (Wildman–Crippen MR) is 46.2 cm³/mol. The second-order valence-corrected chi connectivity index (χ2v) is 3.66. The van der Waals surface area contributed by atoms with E-state index in [1.54, 1.807) is 17.5 Å². The molecule has 0 radical (unpaired) electrons. The maximum absolute atomic E-state index is 10.1. The number of aliphatic carboxylic acids is 1. The molecule has 0 saturated carbocycles. The van der Waals surface area contributed by atoms with E-state index in [2.05, 4.69) is 10.3 Å². The first-order valence-corrected chi connectivity index (χ1v) is 4.34. The number of carboxylic acids is 1. The number of thiazole rings is 1. The zero-order valence-electron chi connectivity index (χ0n) is 6.70. The Morgan fingerprint density at radius 3 is 3.08 bits per heavy atom. The van der Waals surface area contributed by atoms with Crippen LogP contribution in [0.2, 0.25) is 0 Å². The van der Waals surface area contributed by atoms with Crippen molar-refractivity contribution >= 4 is 17.3 Å². The molecule has 1 aromatic rings. The average Bonchev–Trinajstić information content (AvgIpc) is 2.35. The molecule has 0 atom stereocenters. The number of nitrogens with zero attached hydrogens (tertiary/aromatic N) is 1. The highest BCUT2D eigenvalue weighted by molar-refractivity contribution is 7.11. The fourth-order valence-corrected chi connectivity index (χ4v) is 1.54. The molecular weight excluding hydrogens is 176 g/mol. The standard InChI is InChI=1S/C7H10N2O2S/c1-5-9-3-6(12-5)2-8-4-7(10)11/h3,8H,2,4H2,1H3,(H,10,11). The number of aryl methyl sites for hydroxylation is 1. The summed E-state index contributed by atoms with van der Waals surface area (Å²) in [6.07, 6.45) is 1.76. The molecule has 0 aliphatic carbocycles. The minimum absolute atomic E-state index is 0.00303. The molecular formula is C7H10N2O2S. The highest BCUT2D eigenvalue weighted by Gasteiger charge is 1.99. The zero-order chi connectivity index (χ0) is 8.97. The number of carboxylic acid groups (broad SMARTS) is 1. The van der Waals surface area contributed by atoms with E-state index >= 15 is 0 Å². The molecule has 0 aliphatic rings. The fourth-order valence-electron chi connectivity index (χ4n) is 0.780. The number of carbonyl (C=O) groups is 1. The van der Waals surface area contributed by atoms with Crippen LogP contribution in [0.15, 0.2) is 6.20 Å². The molecule has 0 spiro atoms. The lowest BCUT2D eigenvalue weighted by Crippen LogP contribution is -2.21. The van der Waals surface area contributed by atoms with Crippen LogP contribution in [0.4, 0.5) is 0 Å². The second-order valence-electron chi connectivity index (χ2n) is 2.34. The highest BCUT2D eigenvalue weighted by Crippen LogP contribution is 2.10. The largest absolute Gasteiger partial charge is 0.480 e. The molecule has 0 aromatic carbocycles. The lowest BCUT2D eigenvalue weighted by Gasteiger charge is -1.96. The zero-order valence-corrected chi connectivity index (χ0v) is 7.52. The van der Waals surface area contributed by atoms with E-state index in [4.69, 9.17) is 5.11 Å². The Balaban J connectivity index is 2.29. The van der Waals surface area contributed by atoms with Gasteiger partial charge in [0, 0.05) is 17.6 Å². The first-order valence-electron chi connectivity index (χ1n) is 3.52. The summed E-state index contributed by atoms with van der Waals surface area (Å²) in [7, 11) is 0. The van der Waals surface area contributed by atoms with E-state index in [9.17, 15) is 4.79 Å². The molecule has 0 fully saturated rings. The smallest absolute Gasteiger partial charge is 0.317 e. The maximum Gasteiger partial charge on any atom is 0.317 e. The van der Waals surface area contributed by atoms with E-state index < -0.39 is 5.97 Å². The Morgan fingerprint density at radius 1 is 1.83 bits per heavy atom. The SMILES string of the molecule is Cc1ncc(CNCC(=O)O)s1. The Labute approximate surface area is 74.3 Å². The van der Waals surface area contributed by atoms with Crippen molar-refractivity contribution in [2.45, 2.75) is 13.5 Å². The summed E-state index contributed by atoms with van der Waals surface area (Å²) in [5, 5.41) is 12.1. The van der Waals surface area contributed by atoms with Crippen molar-refractivity contribution in [2.75, 3.05) is 6.54 Å². The highest BCUT2D eigenvalue weighted by atomic mass is 32.1. The summed E-state index contributed by atoms with van der Waals surface area (Å²) in [6.45, 7) is 2.50. The Kier molecular flexibility index (Phi) is 3.19. The van der Waals surface area contributed by atoms with Gasteiger partial charge in [-0.3, -0.25) is 4.79 Å². The lowest BCUT2D eigenvalue weighted by atomic mass is 10.5. The molecule has 0 amide bonds. The van der Waals surface area contributed by atoms with Gasteiger partial charge in [-0.15, -0.1) is 11.3 Å². The van der Waals surface area contributed by atoms with Crippen molar-refractivity contribution in [2.24, 2.45) is 0 Å². The van der Waals surface area contributed by atoms with Gasteiger partial charge in [-0.05, 0) is 6.92 Å². The van der Waals surface area contributed by atoms with Crippen LogP contribution < -0.4 is 5.32 Å². The van der Waals surface area contributed by atoms with Crippen LogP contribution in [0.5, 0.6) is 0 Å². The van der Waals surface area contributed by atoms with E-state index in [1.165, 1.54) is 0 Å². The van der Waals surface area contributed by atoms with Gasteiger partial charge in [0.25, 0.3) is 0 Å². The molecule has 1 aromatic heterocycles. The van der Waals surface area contributed by atoms with Gasteiger partial charge in [0.2, 0.25) is 0 Å². The van der Waals surface area contributed by atoms with Crippen molar-refractivity contribution in [3.05, 3.63) is 16.1 Å². The Bertz CT molecular complexity index is 272. The molecule has 0 saturated heterocycles. The van der Waals surface area contributed by atoms with Crippen molar-refractivity contribution in [1.82, 2.24) is 10.3 Å². The van der Waals surface area contributed by atoms with E-state index in [-0.39, 0.29) is 6.54 Å². The third-order valence-electron chi connectivity index (χ3n) is 1.24. The van der Waals surface area contributed by atoms with Crippen LogP contribution in [0.1, 0.15) is 9.88 Å². The molecule has 0 bridgehead atoms. The molecule has 0 unspecified atom stereocenters. The van der Waals surface area contributed by atoms with Crippen molar-refractivity contribution in [3.8, 4) is 0 Å². The monoisotopic (exact) mass is 186 g/mol. The third kappa shape index (κ3) is 2.98. The van der Waals surface area contributed by atoms with E-state index in [1.807, 2.05) is 6.92 Å². The van der Waals surface area contributed by atoms with Gasteiger partial charge in [0.15, 0.2) is 0 Å². The average molecular weight is 186 g/mol. The van der Waals surface area contributed by atoms with Gasteiger partial charge in [-0.1, -0.05) is 0 Å². The van der Waals surface area contributed by atoms with Crippen LogP contribution in [-0.4, -0.2) is 22.6 Å². The molecule has 5 heteroatoms. The van der Waals surface area contributed by atoms with Crippen LogP contribution in [-0.2, 0) is 11.3 Å². The van der Waals surface area contributed by atoms with Crippen LogP contribution in [0.3, 0.4) is 0 Å². The number of hydrogen-bond donors (Lipinski definition) is 2. The number of nitrogens with one attached hydrogen (secondary N) is 1. The number of hydrogen-bond acceptors (Lipinski definition) is 4. The van der Waals surface area contributed by atoms with Gasteiger partial charge >= 0.3 is 5.97 Å². The molecule has 1 heterocycles. The minimum Gasteiger partial charge on any atom is -0.480 e. The Morgan fingerprint density at radius 2 is 2.58 bits per heavy atom. The quantitative estimate of drug-likeness (QED) is 0.723. The van der Waals surface area contributed by atoms with Gasteiger partial charge in [-0.25, -0.2) is 4.98 Å². The molecule has 12 heavy (non-hydrogen) atoms. The van der Waals surface area contributed by atoms with E-state index in [0.29, 0.717) is 6.54 Å². The van der Waals surface area contributed by atoms with Gasteiger partial charge in [0.05, 0.1) is 11.6 Å². The van der Waals surface area contributed by atoms with E-state index in [0.717, 1.165) is 9.88 Å². The minimum atomic E-state index is -0.837. The first kappa shape index (κ1) is 9.15. The summed E-state index contributed by atoms with van der Waals surface area (Å²) < 4.78 is 0. The van der Waals surface area contributed by atoms with Crippen molar-refractivity contribution in [1.29, 1.82) is 0 Å². The molecule has 4 nitrogen and oxygen atoms in total. The van der Waals surface area contributed by atoms with Crippen LogP contribution in [0, 0.1) is 6.92 Å². The van der Waals surface area contributed by atoms with Gasteiger partial charge < -0.3 is 10.4 Å². The van der Waals surface area contributed by atoms with Crippen LogP contribution in [0.25, 0.3) is 0 Å². The number of aromatic nitrogens is 1.